The number of aromatic carboxylic acids is 1. The second kappa shape index (κ2) is 11.6. The van der Waals surface area contributed by atoms with E-state index in [4.69, 9.17) is 0 Å². The van der Waals surface area contributed by atoms with Crippen molar-refractivity contribution in [1.29, 1.82) is 0 Å². The van der Waals surface area contributed by atoms with Crippen molar-refractivity contribution in [3.05, 3.63) is 94.1 Å². The smallest absolute Gasteiger partial charge is 0.335 e. The van der Waals surface area contributed by atoms with Crippen LogP contribution in [-0.4, -0.2) is 38.3 Å². The minimum Gasteiger partial charge on any atom is -0.871 e. The number of aromatic nitrogens is 1. The number of carbonyl (C=O) groups is 2. The summed E-state index contributed by atoms with van der Waals surface area (Å²) in [6.45, 7) is 9.82. The first kappa shape index (κ1) is 29.6. The number of hydrogen-bond acceptors (Lipinski definition) is 3. The van der Waals surface area contributed by atoms with Crippen LogP contribution >= 0.6 is 0 Å². The predicted molar refractivity (Wildman–Crippen MR) is 175 cm³/mol. The lowest BCUT2D eigenvalue weighted by atomic mass is 9.78. The molecule has 6 rings (SSSR count). The molecule has 0 radical (unpaired) electrons. The molecule has 0 atom stereocenters. The van der Waals surface area contributed by atoms with Gasteiger partial charge in [0, 0.05) is 63.5 Å². The molecule has 2 aliphatic rings. The molecule has 0 bridgehead atoms. The standard InChI is InChI=1S/C38H40N2O4/c1-5-7-8-9-10-11-20-40-30-19-18-25(37(43)44)21-29(30)38(3,4)33(40)23-28-35(41)27(36(28)42)22-32-26-16-12-14-24-15-13-17-31(34(24)26)39(32)6-2/h12-19,21-23H,5-11,20H2,1-4H3,(H-,41,42,43,44). The molecule has 0 spiro atoms. The van der Waals surface area contributed by atoms with Gasteiger partial charge in [0.15, 0.2) is 11.5 Å². The molecule has 2 heterocycles. The zero-order chi connectivity index (χ0) is 31.2. The predicted octanol–water partition coefficient (Wildman–Crippen LogP) is 6.57. The molecule has 1 aliphatic carbocycles. The first-order chi connectivity index (χ1) is 21.2. The molecule has 1 aromatic heterocycles. The number of hydrogen-bond donors (Lipinski definition) is 1. The fraction of sp³-hybridized carbons (Fsp3) is 0.342. The van der Waals surface area contributed by atoms with E-state index in [0.29, 0.717) is 6.54 Å². The molecule has 0 fully saturated rings. The maximum atomic E-state index is 13.7. The van der Waals surface area contributed by atoms with Crippen molar-refractivity contribution in [2.75, 3.05) is 6.54 Å². The molecular weight excluding hydrogens is 548 g/mol. The van der Waals surface area contributed by atoms with Crippen LogP contribution < -0.4 is 10.5 Å². The Morgan fingerprint density at radius 2 is 1.70 bits per heavy atom. The van der Waals surface area contributed by atoms with Crippen LogP contribution in [-0.2, 0) is 16.8 Å². The van der Waals surface area contributed by atoms with Crippen molar-refractivity contribution in [3.63, 3.8) is 0 Å². The summed E-state index contributed by atoms with van der Waals surface area (Å²) >= 11 is 0. The van der Waals surface area contributed by atoms with Crippen molar-refractivity contribution >= 4 is 50.9 Å². The average molecular weight is 589 g/mol. The van der Waals surface area contributed by atoms with E-state index in [1.165, 1.54) is 25.7 Å². The van der Waals surface area contributed by atoms with Crippen molar-refractivity contribution in [1.82, 2.24) is 4.57 Å². The summed E-state index contributed by atoms with van der Waals surface area (Å²) in [5, 5.41) is 27.5. The summed E-state index contributed by atoms with van der Waals surface area (Å²) in [5.41, 5.74) is 3.85. The Labute approximate surface area is 258 Å². The minimum absolute atomic E-state index is 0.191. The molecule has 6 nitrogen and oxygen atoms in total. The minimum atomic E-state index is -0.972. The van der Waals surface area contributed by atoms with Gasteiger partial charge in [-0.3, -0.25) is 4.79 Å². The molecule has 0 amide bonds. The van der Waals surface area contributed by atoms with E-state index in [0.717, 1.165) is 63.4 Å². The van der Waals surface area contributed by atoms with Crippen molar-refractivity contribution < 1.29 is 24.4 Å². The lowest BCUT2D eigenvalue weighted by Crippen LogP contribution is -2.34. The number of carboxylic acids is 1. The first-order valence-electron chi connectivity index (χ1n) is 15.9. The average Bonchev–Trinajstić information content (AvgIpc) is 3.44. The maximum absolute atomic E-state index is 13.7. The summed E-state index contributed by atoms with van der Waals surface area (Å²) in [6.07, 6.45) is 10.4. The number of carboxylic acid groups (broad SMARTS) is 1. The van der Waals surface area contributed by atoms with Crippen molar-refractivity contribution in [2.24, 2.45) is 0 Å². The summed E-state index contributed by atoms with van der Waals surface area (Å²) < 4.78 is 4.36. The zero-order valence-electron chi connectivity index (χ0n) is 26.1. The molecule has 0 saturated heterocycles. The number of fused-ring (bicyclic) bond motifs is 1. The molecule has 0 saturated carbocycles. The number of nitrogens with zero attached hydrogens (tertiary/aromatic N) is 2. The molecule has 44 heavy (non-hydrogen) atoms. The molecule has 1 aliphatic heterocycles. The van der Waals surface area contributed by atoms with Crippen LogP contribution in [0.4, 0.5) is 5.69 Å². The van der Waals surface area contributed by atoms with Gasteiger partial charge >= 0.3 is 5.97 Å². The van der Waals surface area contributed by atoms with E-state index in [2.05, 4.69) is 47.3 Å². The van der Waals surface area contributed by atoms with Gasteiger partial charge in [0.1, 0.15) is 6.54 Å². The van der Waals surface area contributed by atoms with Gasteiger partial charge < -0.3 is 14.8 Å². The monoisotopic (exact) mass is 588 g/mol. The molecule has 3 aromatic carbocycles. The van der Waals surface area contributed by atoms with Gasteiger partial charge in [-0.25, -0.2) is 4.79 Å². The van der Waals surface area contributed by atoms with E-state index in [-0.39, 0.29) is 28.3 Å². The molecule has 0 unspecified atom stereocenters. The summed E-state index contributed by atoms with van der Waals surface area (Å²) in [6, 6.07) is 17.6. The van der Waals surface area contributed by atoms with Crippen molar-refractivity contribution in [2.45, 2.75) is 78.2 Å². The lowest BCUT2D eigenvalue weighted by Gasteiger charge is -2.29. The summed E-state index contributed by atoms with van der Waals surface area (Å²) in [4.78, 5) is 25.5. The van der Waals surface area contributed by atoms with E-state index >= 15 is 0 Å². The van der Waals surface area contributed by atoms with Crippen LogP contribution in [0, 0.1) is 0 Å². The van der Waals surface area contributed by atoms with Gasteiger partial charge in [-0.05, 0) is 56.9 Å². The summed E-state index contributed by atoms with van der Waals surface area (Å²) in [5.74, 6) is -1.46. The molecular formula is C38H40N2O4. The van der Waals surface area contributed by atoms with Crippen molar-refractivity contribution in [3.8, 4) is 0 Å². The Bertz CT molecular complexity index is 1960. The largest absolute Gasteiger partial charge is 0.871 e. The Morgan fingerprint density at radius 3 is 2.41 bits per heavy atom. The number of Topliss-reactive ketones (excluding diaryl/α,β-unsaturated/α-hetero) is 1. The topological polar surface area (TPSA) is 85.4 Å². The van der Waals surface area contributed by atoms with Crippen LogP contribution in [0.25, 0.3) is 27.8 Å². The number of carbonyl (C=O) groups excluding carboxylic acids is 1. The van der Waals surface area contributed by atoms with Gasteiger partial charge in [0.2, 0.25) is 5.69 Å². The Kier molecular flexibility index (Phi) is 7.79. The highest BCUT2D eigenvalue weighted by molar-refractivity contribution is 6.26. The quantitative estimate of drug-likeness (QED) is 0.122. The second-order valence-electron chi connectivity index (χ2n) is 12.6. The maximum Gasteiger partial charge on any atom is 0.335 e. The molecule has 6 heteroatoms. The Balaban J connectivity index is 1.42. The second-order valence-corrected chi connectivity index (χ2v) is 12.6. The number of allylic oxidation sites excluding steroid dienone is 3. The third kappa shape index (κ3) is 4.77. The normalized spacial score (nSPS) is 17.4. The third-order valence-corrected chi connectivity index (χ3v) is 9.47. The lowest BCUT2D eigenvalue weighted by molar-refractivity contribution is -0.438. The fourth-order valence-electron chi connectivity index (χ4n) is 7.06. The van der Waals surface area contributed by atoms with Crippen LogP contribution in [0.5, 0.6) is 0 Å². The van der Waals surface area contributed by atoms with Crippen LogP contribution in [0.1, 0.15) is 82.1 Å². The molecule has 4 aromatic rings. The summed E-state index contributed by atoms with van der Waals surface area (Å²) in [7, 11) is 0. The van der Waals surface area contributed by atoms with Gasteiger partial charge in [0.25, 0.3) is 0 Å². The number of unbranched alkanes of at least 4 members (excludes halogenated alkanes) is 5. The number of ketones is 1. The number of rotatable bonds is 11. The highest BCUT2D eigenvalue weighted by Gasteiger charge is 2.45. The van der Waals surface area contributed by atoms with Gasteiger partial charge in [-0.1, -0.05) is 68.7 Å². The molecule has 226 valence electrons. The highest BCUT2D eigenvalue weighted by Crippen LogP contribution is 2.42. The van der Waals surface area contributed by atoms with E-state index in [1.807, 2.05) is 32.0 Å². The Hall–Kier alpha value is -4.45. The third-order valence-electron chi connectivity index (χ3n) is 9.47. The van der Waals surface area contributed by atoms with E-state index < -0.39 is 11.4 Å². The van der Waals surface area contributed by atoms with Crippen LogP contribution in [0.2, 0.25) is 0 Å². The van der Waals surface area contributed by atoms with Gasteiger partial charge in [-0.15, -0.1) is 0 Å². The van der Waals surface area contributed by atoms with Gasteiger partial charge in [0.05, 0.1) is 11.0 Å². The van der Waals surface area contributed by atoms with Gasteiger partial charge in [-0.2, -0.15) is 4.58 Å². The fourth-order valence-corrected chi connectivity index (χ4v) is 7.06. The van der Waals surface area contributed by atoms with E-state index in [1.54, 1.807) is 24.3 Å². The number of benzene rings is 3. The zero-order valence-corrected chi connectivity index (χ0v) is 26.1. The van der Waals surface area contributed by atoms with E-state index in [9.17, 15) is 19.8 Å². The highest BCUT2D eigenvalue weighted by atomic mass is 16.4. The van der Waals surface area contributed by atoms with Crippen LogP contribution in [0.15, 0.2) is 77.6 Å². The SMILES string of the molecule is CCCCCCCC[N+]1=C(/C=C2\C(=O)C(/C=c3/c4cccc5cccc(c54)n3CC)=C2[O-])C(C)(C)c2cc(C(=O)O)ccc21. The first-order valence-corrected chi connectivity index (χ1v) is 15.9. The van der Waals surface area contributed by atoms with Crippen LogP contribution in [0.3, 0.4) is 0 Å². The number of aryl methyl sites for hydroxylation is 1. The Morgan fingerprint density at radius 1 is 0.977 bits per heavy atom. The molecule has 1 N–H and O–H groups in total.